The maximum Gasteiger partial charge on any atom is 0.226 e. The summed E-state index contributed by atoms with van der Waals surface area (Å²) in [6, 6.07) is 8.28. The molecular formula is C15H21NO2. The van der Waals surface area contributed by atoms with Gasteiger partial charge in [-0.15, -0.1) is 0 Å². The van der Waals surface area contributed by atoms with Crippen LogP contribution in [0.25, 0.3) is 0 Å². The summed E-state index contributed by atoms with van der Waals surface area (Å²) in [6.45, 7) is 3.30. The zero-order valence-electron chi connectivity index (χ0n) is 10.9. The van der Waals surface area contributed by atoms with E-state index in [4.69, 9.17) is 5.11 Å². The topological polar surface area (TPSA) is 40.5 Å². The third-order valence-electron chi connectivity index (χ3n) is 3.58. The minimum atomic E-state index is 0.0470. The maximum absolute atomic E-state index is 12.4. The van der Waals surface area contributed by atoms with Gasteiger partial charge in [0.1, 0.15) is 0 Å². The van der Waals surface area contributed by atoms with Gasteiger partial charge >= 0.3 is 0 Å². The Morgan fingerprint density at radius 3 is 2.39 bits per heavy atom. The van der Waals surface area contributed by atoms with Crippen LogP contribution in [0.1, 0.15) is 24.5 Å². The van der Waals surface area contributed by atoms with E-state index in [1.807, 2.05) is 12.1 Å². The van der Waals surface area contributed by atoms with E-state index in [0.29, 0.717) is 6.54 Å². The molecule has 3 nitrogen and oxygen atoms in total. The first-order valence-corrected chi connectivity index (χ1v) is 6.72. The monoisotopic (exact) mass is 247 g/mol. The maximum atomic E-state index is 12.4. The summed E-state index contributed by atoms with van der Waals surface area (Å²) in [5.41, 5.74) is 2.60. The minimum Gasteiger partial charge on any atom is -0.395 e. The quantitative estimate of drug-likeness (QED) is 0.859. The van der Waals surface area contributed by atoms with Crippen LogP contribution in [0.2, 0.25) is 0 Å². The molecule has 1 aromatic carbocycles. The third kappa shape index (κ3) is 2.72. The number of carbonyl (C=O) groups is 1. The second-order valence-corrected chi connectivity index (χ2v) is 4.92. The van der Waals surface area contributed by atoms with E-state index in [2.05, 4.69) is 19.1 Å². The van der Waals surface area contributed by atoms with Crippen LogP contribution in [0, 0.1) is 5.92 Å². The zero-order chi connectivity index (χ0) is 13.0. The number of nitrogens with zero attached hydrogens (tertiary/aromatic N) is 1. The predicted molar refractivity (Wildman–Crippen MR) is 71.3 cm³/mol. The molecule has 98 valence electrons. The highest BCUT2D eigenvalue weighted by molar-refractivity contribution is 5.80. The number of aliphatic hydroxyl groups is 1. The number of fused-ring (bicyclic) bond motifs is 1. The zero-order valence-corrected chi connectivity index (χ0v) is 10.9. The summed E-state index contributed by atoms with van der Waals surface area (Å²) in [4.78, 5) is 14.2. The second kappa shape index (κ2) is 6.01. The van der Waals surface area contributed by atoms with E-state index >= 15 is 0 Å². The molecular weight excluding hydrogens is 226 g/mol. The normalized spacial score (nSPS) is 14.6. The van der Waals surface area contributed by atoms with Crippen molar-refractivity contribution in [2.45, 2.75) is 26.2 Å². The summed E-state index contributed by atoms with van der Waals surface area (Å²) in [5.74, 6) is 0.266. The second-order valence-electron chi connectivity index (χ2n) is 4.92. The van der Waals surface area contributed by atoms with Crippen LogP contribution in [-0.4, -0.2) is 35.6 Å². The first kappa shape index (κ1) is 13.1. The molecule has 0 spiro atoms. The molecule has 1 aliphatic rings. The van der Waals surface area contributed by atoms with Crippen molar-refractivity contribution in [3.63, 3.8) is 0 Å². The van der Waals surface area contributed by atoms with Gasteiger partial charge in [0, 0.05) is 19.0 Å². The lowest BCUT2D eigenvalue weighted by Gasteiger charge is -2.24. The van der Waals surface area contributed by atoms with E-state index in [-0.39, 0.29) is 18.4 Å². The predicted octanol–water partition coefficient (Wildman–Crippen LogP) is 1.63. The fourth-order valence-electron chi connectivity index (χ4n) is 2.71. The van der Waals surface area contributed by atoms with Gasteiger partial charge in [-0.1, -0.05) is 31.2 Å². The molecule has 1 amide bonds. The van der Waals surface area contributed by atoms with E-state index in [9.17, 15) is 4.79 Å². The standard InChI is InChI=1S/C15H21NO2/c1-2-7-16(8-9-17)15(18)14-10-12-5-3-4-6-13(12)11-14/h3-6,14,17H,2,7-11H2,1H3. The van der Waals surface area contributed by atoms with E-state index in [1.54, 1.807) is 4.90 Å². The molecule has 1 aromatic rings. The molecule has 0 aromatic heterocycles. The molecule has 0 unspecified atom stereocenters. The summed E-state index contributed by atoms with van der Waals surface area (Å²) in [5, 5.41) is 9.03. The summed E-state index contributed by atoms with van der Waals surface area (Å²) < 4.78 is 0. The van der Waals surface area contributed by atoms with Crippen molar-refractivity contribution in [1.82, 2.24) is 4.90 Å². The fourth-order valence-corrected chi connectivity index (χ4v) is 2.71. The lowest BCUT2D eigenvalue weighted by atomic mass is 10.0. The molecule has 1 N–H and O–H groups in total. The Hall–Kier alpha value is -1.35. The number of benzene rings is 1. The molecule has 0 heterocycles. The average molecular weight is 247 g/mol. The summed E-state index contributed by atoms with van der Waals surface area (Å²) in [7, 11) is 0. The number of rotatable bonds is 5. The number of hydrogen-bond acceptors (Lipinski definition) is 2. The highest BCUT2D eigenvalue weighted by Gasteiger charge is 2.29. The van der Waals surface area contributed by atoms with Gasteiger partial charge in [-0.05, 0) is 30.4 Å². The van der Waals surface area contributed by atoms with Crippen molar-refractivity contribution in [3.8, 4) is 0 Å². The smallest absolute Gasteiger partial charge is 0.226 e. The number of hydrogen-bond donors (Lipinski definition) is 1. The lowest BCUT2D eigenvalue weighted by molar-refractivity contribution is -0.135. The molecule has 2 rings (SSSR count). The molecule has 1 aliphatic carbocycles. The van der Waals surface area contributed by atoms with E-state index in [1.165, 1.54) is 11.1 Å². The van der Waals surface area contributed by atoms with Gasteiger partial charge in [0.2, 0.25) is 5.91 Å². The van der Waals surface area contributed by atoms with Gasteiger partial charge in [-0.3, -0.25) is 4.79 Å². The molecule has 3 heteroatoms. The van der Waals surface area contributed by atoms with Gasteiger partial charge in [0.25, 0.3) is 0 Å². The Labute approximate surface area is 108 Å². The van der Waals surface area contributed by atoms with Gasteiger partial charge < -0.3 is 10.0 Å². The van der Waals surface area contributed by atoms with Gasteiger partial charge in [-0.2, -0.15) is 0 Å². The third-order valence-corrected chi connectivity index (χ3v) is 3.58. The Morgan fingerprint density at radius 2 is 1.89 bits per heavy atom. The van der Waals surface area contributed by atoms with Crippen molar-refractivity contribution >= 4 is 5.91 Å². The van der Waals surface area contributed by atoms with Crippen molar-refractivity contribution in [1.29, 1.82) is 0 Å². The van der Waals surface area contributed by atoms with Gasteiger partial charge in [-0.25, -0.2) is 0 Å². The number of aliphatic hydroxyl groups excluding tert-OH is 1. The molecule has 0 radical (unpaired) electrons. The minimum absolute atomic E-state index is 0.0470. The summed E-state index contributed by atoms with van der Waals surface area (Å²) >= 11 is 0. The van der Waals surface area contributed by atoms with Crippen LogP contribution in [0.4, 0.5) is 0 Å². The largest absolute Gasteiger partial charge is 0.395 e. The fraction of sp³-hybridized carbons (Fsp3) is 0.533. The highest BCUT2D eigenvalue weighted by Crippen LogP contribution is 2.27. The van der Waals surface area contributed by atoms with E-state index in [0.717, 1.165) is 25.8 Å². The van der Waals surface area contributed by atoms with Gasteiger partial charge in [0.15, 0.2) is 0 Å². The van der Waals surface area contributed by atoms with Gasteiger partial charge in [0.05, 0.1) is 6.61 Å². The molecule has 0 aliphatic heterocycles. The van der Waals surface area contributed by atoms with Crippen molar-refractivity contribution in [3.05, 3.63) is 35.4 Å². The number of amides is 1. The van der Waals surface area contributed by atoms with Crippen LogP contribution in [0.5, 0.6) is 0 Å². The average Bonchev–Trinajstić information content (AvgIpc) is 2.81. The van der Waals surface area contributed by atoms with Crippen molar-refractivity contribution in [2.24, 2.45) is 5.92 Å². The molecule has 0 fully saturated rings. The van der Waals surface area contributed by atoms with Crippen LogP contribution in [0.3, 0.4) is 0 Å². The Kier molecular flexibility index (Phi) is 4.37. The SMILES string of the molecule is CCCN(CCO)C(=O)C1Cc2ccccc2C1. The molecule has 0 atom stereocenters. The molecule has 0 saturated heterocycles. The van der Waals surface area contributed by atoms with Crippen molar-refractivity contribution < 1.29 is 9.90 Å². The van der Waals surface area contributed by atoms with Crippen LogP contribution < -0.4 is 0 Å². The van der Waals surface area contributed by atoms with Crippen molar-refractivity contribution in [2.75, 3.05) is 19.7 Å². The Bertz CT molecular complexity index is 386. The van der Waals surface area contributed by atoms with Crippen LogP contribution >= 0.6 is 0 Å². The number of carbonyl (C=O) groups excluding carboxylic acids is 1. The molecule has 18 heavy (non-hydrogen) atoms. The van der Waals surface area contributed by atoms with Crippen LogP contribution in [0.15, 0.2) is 24.3 Å². The first-order chi connectivity index (χ1) is 8.76. The Balaban J connectivity index is 2.03. The summed E-state index contributed by atoms with van der Waals surface area (Å²) in [6.07, 6.45) is 2.63. The Morgan fingerprint density at radius 1 is 1.28 bits per heavy atom. The van der Waals surface area contributed by atoms with Crippen LogP contribution in [-0.2, 0) is 17.6 Å². The first-order valence-electron chi connectivity index (χ1n) is 6.72. The lowest BCUT2D eigenvalue weighted by Crippen LogP contribution is -2.39. The molecule has 0 bridgehead atoms. The molecule has 0 saturated carbocycles. The highest BCUT2D eigenvalue weighted by atomic mass is 16.3. The van der Waals surface area contributed by atoms with E-state index < -0.39 is 0 Å².